The van der Waals surface area contributed by atoms with Gasteiger partial charge in [-0.2, -0.15) is 4.57 Å². The second kappa shape index (κ2) is 12.3. The van der Waals surface area contributed by atoms with Crippen LogP contribution in [0.1, 0.15) is 4.11 Å². The van der Waals surface area contributed by atoms with Crippen LogP contribution in [0.15, 0.2) is 182 Å². The number of fused-ring (bicyclic) bond motifs is 1. The Labute approximate surface area is 279 Å². The highest BCUT2D eigenvalue weighted by Gasteiger charge is 2.24. The van der Waals surface area contributed by atoms with E-state index in [1.807, 2.05) is 77.5 Å². The van der Waals surface area contributed by atoms with Crippen LogP contribution < -0.4 is 9.47 Å². The molecule has 8 rings (SSSR count). The van der Waals surface area contributed by atoms with E-state index in [0.717, 1.165) is 61.8 Å². The number of anilines is 3. The van der Waals surface area contributed by atoms with Gasteiger partial charge in [0.15, 0.2) is 11.0 Å². The van der Waals surface area contributed by atoms with E-state index >= 15 is 0 Å². The van der Waals surface area contributed by atoms with Crippen molar-refractivity contribution in [3.05, 3.63) is 182 Å². The Morgan fingerprint density at radius 3 is 1.89 bits per heavy atom. The summed E-state index contributed by atoms with van der Waals surface area (Å²) in [6, 6.07) is 57.7. The fourth-order valence-electron chi connectivity index (χ4n) is 6.33. The molecule has 0 bridgehead atoms. The Bertz CT molecular complexity index is 2360. The Morgan fingerprint density at radius 2 is 1.19 bits per heavy atom. The third-order valence-corrected chi connectivity index (χ3v) is 8.49. The predicted octanol–water partition coefficient (Wildman–Crippen LogP) is 10.3. The first-order chi connectivity index (χ1) is 24.5. The van der Waals surface area contributed by atoms with Crippen LogP contribution >= 0.6 is 0 Å². The van der Waals surface area contributed by atoms with E-state index < -0.39 is 6.98 Å². The van der Waals surface area contributed by atoms with E-state index in [1.54, 1.807) is 6.33 Å². The number of benzene rings is 6. The van der Waals surface area contributed by atoms with E-state index in [1.165, 1.54) is 4.57 Å². The number of rotatable bonds is 7. The van der Waals surface area contributed by atoms with Crippen molar-refractivity contribution in [1.82, 2.24) is 9.55 Å². The summed E-state index contributed by atoms with van der Waals surface area (Å²) in [5.74, 6) is 0. The molecule has 0 spiro atoms. The highest BCUT2D eigenvalue weighted by molar-refractivity contribution is 5.98. The maximum absolute atomic E-state index is 8.24. The van der Waals surface area contributed by atoms with Crippen LogP contribution in [0.2, 0.25) is 0 Å². The molecule has 0 atom stereocenters. The lowest BCUT2D eigenvalue weighted by Gasteiger charge is -2.31. The third-order valence-electron chi connectivity index (χ3n) is 8.49. The fourth-order valence-corrected chi connectivity index (χ4v) is 6.33. The third kappa shape index (κ3) is 5.36. The molecule has 2 heterocycles. The molecule has 4 heteroatoms. The molecule has 4 nitrogen and oxygen atoms in total. The molecule has 0 amide bonds. The maximum Gasteiger partial charge on any atom is 0.249 e. The number of aromatic nitrogens is 3. The van der Waals surface area contributed by atoms with Gasteiger partial charge in [-0.15, -0.1) is 0 Å². The fraction of sp³-hybridized carbons (Fsp3) is 0.0233. The quantitative estimate of drug-likeness (QED) is 0.168. The van der Waals surface area contributed by atoms with Gasteiger partial charge in [-0.3, -0.25) is 4.98 Å². The lowest BCUT2D eigenvalue weighted by Crippen LogP contribution is -2.25. The van der Waals surface area contributed by atoms with Crippen molar-refractivity contribution < 1.29 is 8.68 Å². The van der Waals surface area contributed by atoms with Gasteiger partial charge in [-0.25, -0.2) is 4.57 Å². The topological polar surface area (TPSA) is 24.9 Å². The molecule has 0 aliphatic carbocycles. The Hall–Kier alpha value is -6.26. The second-order valence-electron chi connectivity index (χ2n) is 11.4. The van der Waals surface area contributed by atoms with E-state index in [0.29, 0.717) is 5.52 Å². The summed E-state index contributed by atoms with van der Waals surface area (Å²) >= 11 is 0. The molecule has 0 N–H and O–H groups in total. The summed E-state index contributed by atoms with van der Waals surface area (Å²) in [6.07, 6.45) is 3.49. The van der Waals surface area contributed by atoms with Crippen molar-refractivity contribution in [2.75, 3.05) is 4.90 Å². The van der Waals surface area contributed by atoms with Gasteiger partial charge in [0.05, 0.1) is 28.2 Å². The number of para-hydroxylation sites is 3. The predicted molar refractivity (Wildman–Crippen MR) is 193 cm³/mol. The number of hydrogen-bond acceptors (Lipinski definition) is 2. The average molecular weight is 609 g/mol. The van der Waals surface area contributed by atoms with Crippen molar-refractivity contribution in [2.24, 2.45) is 6.98 Å². The zero-order chi connectivity index (χ0) is 34.1. The van der Waals surface area contributed by atoms with Gasteiger partial charge in [0.25, 0.3) is 0 Å². The summed E-state index contributed by atoms with van der Waals surface area (Å²) in [5, 5.41) is 0. The molecular formula is C43H33N4+. The van der Waals surface area contributed by atoms with E-state index in [-0.39, 0.29) is 0 Å². The zero-order valence-electron chi connectivity index (χ0n) is 28.6. The van der Waals surface area contributed by atoms with Crippen molar-refractivity contribution in [3.63, 3.8) is 0 Å². The van der Waals surface area contributed by atoms with Crippen LogP contribution in [0.3, 0.4) is 0 Å². The largest absolute Gasteiger partial charge is 0.309 e. The van der Waals surface area contributed by atoms with Crippen molar-refractivity contribution in [2.45, 2.75) is 0 Å². The molecule has 8 aromatic rings. The van der Waals surface area contributed by atoms with Crippen LogP contribution in [0.25, 0.3) is 50.2 Å². The van der Waals surface area contributed by atoms with E-state index in [4.69, 9.17) is 4.11 Å². The molecule has 47 heavy (non-hydrogen) atoms. The molecule has 0 aliphatic rings. The molecular weight excluding hydrogens is 573 g/mol. The molecule has 0 radical (unpaired) electrons. The lowest BCUT2D eigenvalue weighted by atomic mass is 9.94. The number of nitrogens with zero attached hydrogens (tertiary/aromatic N) is 4. The normalized spacial score (nSPS) is 12.3. The molecule has 2 aromatic heterocycles. The average Bonchev–Trinajstić information content (AvgIpc) is 3.57. The summed E-state index contributed by atoms with van der Waals surface area (Å²) in [7, 11) is 0. The van der Waals surface area contributed by atoms with Gasteiger partial charge in [0, 0.05) is 34.6 Å². The molecule has 6 aromatic carbocycles. The van der Waals surface area contributed by atoms with Crippen LogP contribution in [-0.2, 0) is 6.98 Å². The molecule has 0 aliphatic heterocycles. The SMILES string of the molecule is [2H]C([2H])([2H])[n+]1cn(-c2cccc(N(c3cccc(-c4ccccn4)c3)c3c(-c4ccccc4)cccc3-c3ccccc3)c2)c2ccccc21. The molecule has 224 valence electrons. The summed E-state index contributed by atoms with van der Waals surface area (Å²) in [6.45, 7) is -2.33. The first kappa shape index (κ1) is 25.0. The Balaban J connectivity index is 1.41. The number of imidazole rings is 1. The Kier molecular flexibility index (Phi) is 6.52. The minimum absolute atomic E-state index is 0.638. The van der Waals surface area contributed by atoms with Crippen LogP contribution in [0.5, 0.6) is 0 Å². The first-order valence-corrected chi connectivity index (χ1v) is 15.6. The van der Waals surface area contributed by atoms with Crippen LogP contribution in [0, 0.1) is 0 Å². The highest BCUT2D eigenvalue weighted by Crippen LogP contribution is 2.47. The van der Waals surface area contributed by atoms with E-state index in [9.17, 15) is 0 Å². The number of hydrogen-bond donors (Lipinski definition) is 0. The molecule has 0 saturated heterocycles. The molecule has 0 fully saturated rings. The lowest BCUT2D eigenvalue weighted by molar-refractivity contribution is -0.645. The molecule has 0 unspecified atom stereocenters. The van der Waals surface area contributed by atoms with Gasteiger partial charge in [-0.05, 0) is 59.7 Å². The number of pyridine rings is 1. The van der Waals surface area contributed by atoms with Gasteiger partial charge >= 0.3 is 0 Å². The van der Waals surface area contributed by atoms with Crippen LogP contribution in [-0.4, -0.2) is 9.55 Å². The Morgan fingerprint density at radius 1 is 0.574 bits per heavy atom. The second-order valence-corrected chi connectivity index (χ2v) is 11.4. The standard InChI is InChI=1S/C43H33N4/c1-45-31-46(42-27-9-8-26-41(42)45)35-20-13-22-37(30-35)47(36-21-12-19-34(29-36)40-25-10-11-28-44-40)43-38(32-15-4-2-5-16-32)23-14-24-39(43)33-17-6-3-7-18-33/h2-31H,1H3/q+1/i1D3. The minimum atomic E-state index is -2.33. The summed E-state index contributed by atoms with van der Waals surface area (Å²) in [4.78, 5) is 6.97. The first-order valence-electron chi connectivity index (χ1n) is 17.1. The highest BCUT2D eigenvalue weighted by atomic mass is 15.2. The van der Waals surface area contributed by atoms with Crippen molar-refractivity contribution in [1.29, 1.82) is 0 Å². The molecule has 0 saturated carbocycles. The van der Waals surface area contributed by atoms with Gasteiger partial charge in [0.1, 0.15) is 5.69 Å². The van der Waals surface area contributed by atoms with E-state index in [2.05, 4.69) is 113 Å². The monoisotopic (exact) mass is 608 g/mol. The van der Waals surface area contributed by atoms with Crippen molar-refractivity contribution >= 4 is 28.1 Å². The van der Waals surface area contributed by atoms with Crippen LogP contribution in [0.4, 0.5) is 17.1 Å². The minimum Gasteiger partial charge on any atom is -0.309 e. The van der Waals surface area contributed by atoms with Gasteiger partial charge in [0.2, 0.25) is 6.33 Å². The zero-order valence-corrected chi connectivity index (χ0v) is 25.6. The summed E-state index contributed by atoms with van der Waals surface area (Å²) in [5.41, 5.74) is 11.4. The van der Waals surface area contributed by atoms with Gasteiger partial charge < -0.3 is 4.90 Å². The number of aryl methyl sites for hydroxylation is 1. The van der Waals surface area contributed by atoms with Crippen molar-refractivity contribution in [3.8, 4) is 39.2 Å². The smallest absolute Gasteiger partial charge is 0.249 e. The summed E-state index contributed by atoms with van der Waals surface area (Å²) < 4.78 is 28.0. The van der Waals surface area contributed by atoms with Gasteiger partial charge in [-0.1, -0.05) is 115 Å². The maximum atomic E-state index is 8.24.